The van der Waals surface area contributed by atoms with Gasteiger partial charge in [0, 0.05) is 6.29 Å². The topological polar surface area (TPSA) is 12.0 Å². The van der Waals surface area contributed by atoms with E-state index in [4.69, 9.17) is 0 Å². The van der Waals surface area contributed by atoms with Crippen molar-refractivity contribution < 1.29 is 0 Å². The van der Waals surface area contributed by atoms with Crippen LogP contribution in [0.5, 0.6) is 0 Å². The van der Waals surface area contributed by atoms with E-state index in [1.165, 1.54) is 16.8 Å². The van der Waals surface area contributed by atoms with Crippen LogP contribution in [-0.4, -0.2) is 12.4 Å². The SMILES string of the molecule is CC(C)(C)CPNCP(c1ccccc1)c1ccccc1. The summed E-state index contributed by atoms with van der Waals surface area (Å²) in [5.74, 6) is 0. The van der Waals surface area contributed by atoms with Crippen LogP contribution in [0.1, 0.15) is 20.8 Å². The van der Waals surface area contributed by atoms with E-state index >= 15 is 0 Å². The Morgan fingerprint density at radius 3 is 1.76 bits per heavy atom. The molecule has 0 aliphatic heterocycles. The van der Waals surface area contributed by atoms with E-state index in [0.29, 0.717) is 5.41 Å². The molecule has 112 valence electrons. The molecule has 0 bridgehead atoms. The van der Waals surface area contributed by atoms with Crippen molar-refractivity contribution in [2.45, 2.75) is 20.8 Å². The second kappa shape index (κ2) is 8.04. The molecule has 0 saturated heterocycles. The van der Waals surface area contributed by atoms with Crippen LogP contribution in [0.15, 0.2) is 60.7 Å². The summed E-state index contributed by atoms with van der Waals surface area (Å²) >= 11 is 0. The lowest BCUT2D eigenvalue weighted by molar-refractivity contribution is 0.478. The van der Waals surface area contributed by atoms with Gasteiger partial charge in [0.2, 0.25) is 0 Å². The quantitative estimate of drug-likeness (QED) is 0.618. The molecule has 1 nitrogen and oxygen atoms in total. The minimum atomic E-state index is -0.303. The summed E-state index contributed by atoms with van der Waals surface area (Å²) in [5, 5.41) is 6.60. The summed E-state index contributed by atoms with van der Waals surface area (Å²) in [6.45, 7) is 6.91. The molecule has 3 heteroatoms. The second-order valence-electron chi connectivity index (χ2n) is 6.35. The van der Waals surface area contributed by atoms with Crippen molar-refractivity contribution in [2.75, 3.05) is 12.4 Å². The van der Waals surface area contributed by atoms with Gasteiger partial charge in [-0.15, -0.1) is 0 Å². The Hall–Kier alpha value is -0.740. The highest BCUT2D eigenvalue weighted by Gasteiger charge is 2.14. The van der Waals surface area contributed by atoms with Crippen LogP contribution in [0.3, 0.4) is 0 Å². The Balaban J connectivity index is 2.04. The molecule has 21 heavy (non-hydrogen) atoms. The first kappa shape index (κ1) is 16.6. The fraction of sp³-hybridized carbons (Fsp3) is 0.333. The lowest BCUT2D eigenvalue weighted by atomic mass is 10.0. The van der Waals surface area contributed by atoms with Gasteiger partial charge in [0.05, 0.1) is 0 Å². The van der Waals surface area contributed by atoms with Crippen molar-refractivity contribution in [3.8, 4) is 0 Å². The molecule has 0 radical (unpaired) electrons. The van der Waals surface area contributed by atoms with E-state index in [1.807, 2.05) is 0 Å². The third-order valence-corrected chi connectivity index (χ3v) is 7.40. The minimum absolute atomic E-state index is 0.303. The first-order valence-electron chi connectivity index (χ1n) is 7.40. The van der Waals surface area contributed by atoms with Crippen LogP contribution in [0.2, 0.25) is 0 Å². The van der Waals surface area contributed by atoms with Crippen molar-refractivity contribution in [3.05, 3.63) is 60.7 Å². The van der Waals surface area contributed by atoms with Gasteiger partial charge in [-0.1, -0.05) is 90.2 Å². The van der Waals surface area contributed by atoms with E-state index in [2.05, 4.69) is 86.5 Å². The lowest BCUT2D eigenvalue weighted by Gasteiger charge is -2.22. The summed E-state index contributed by atoms with van der Waals surface area (Å²) in [6, 6.07) is 21.8. The van der Waals surface area contributed by atoms with Crippen LogP contribution in [0, 0.1) is 5.41 Å². The van der Waals surface area contributed by atoms with E-state index in [1.54, 1.807) is 0 Å². The van der Waals surface area contributed by atoms with Crippen molar-refractivity contribution in [2.24, 2.45) is 5.41 Å². The largest absolute Gasteiger partial charge is 0.293 e. The molecule has 0 heterocycles. The molecule has 1 atom stereocenters. The smallest absolute Gasteiger partial charge is 0.0271 e. The van der Waals surface area contributed by atoms with Gasteiger partial charge in [0.15, 0.2) is 0 Å². The molecule has 1 unspecified atom stereocenters. The van der Waals surface area contributed by atoms with Crippen LogP contribution in [-0.2, 0) is 0 Å². The third kappa shape index (κ3) is 5.87. The molecule has 0 amide bonds. The van der Waals surface area contributed by atoms with Crippen LogP contribution in [0.4, 0.5) is 0 Å². The van der Waals surface area contributed by atoms with Gasteiger partial charge >= 0.3 is 0 Å². The Bertz CT molecular complexity index is 480. The number of benzene rings is 2. The van der Waals surface area contributed by atoms with Gasteiger partial charge in [-0.3, -0.25) is 5.09 Å². The molecule has 0 aromatic heterocycles. The van der Waals surface area contributed by atoms with E-state index in [0.717, 1.165) is 15.0 Å². The average molecular weight is 317 g/mol. The fourth-order valence-corrected chi connectivity index (χ4v) is 5.47. The Labute approximate surface area is 132 Å². The molecule has 0 aliphatic carbocycles. The molecule has 2 aromatic carbocycles. The third-order valence-electron chi connectivity index (χ3n) is 3.12. The maximum Gasteiger partial charge on any atom is 0.0271 e. The summed E-state index contributed by atoms with van der Waals surface area (Å²) in [4.78, 5) is 0. The van der Waals surface area contributed by atoms with Crippen LogP contribution in [0.25, 0.3) is 0 Å². The molecular formula is C18H25NP2. The standard InChI is InChI=1S/C18H25NP2/c1-18(2,3)14-20-19-15-21(16-10-6-4-7-11-16)17-12-8-5-9-13-17/h4-13,19-20H,14-15H2,1-3H3. The molecule has 0 saturated carbocycles. The average Bonchev–Trinajstić information content (AvgIpc) is 2.48. The van der Waals surface area contributed by atoms with Crippen LogP contribution >= 0.6 is 16.7 Å². The highest BCUT2D eigenvalue weighted by atomic mass is 31.1. The molecule has 2 rings (SSSR count). The Kier molecular flexibility index (Phi) is 6.37. The predicted molar refractivity (Wildman–Crippen MR) is 99.7 cm³/mol. The predicted octanol–water partition coefficient (Wildman–Crippen LogP) is 4.31. The van der Waals surface area contributed by atoms with Gasteiger partial charge in [-0.05, 0) is 30.1 Å². The number of hydrogen-bond acceptors (Lipinski definition) is 1. The molecular weight excluding hydrogens is 292 g/mol. The molecule has 2 aromatic rings. The van der Waals surface area contributed by atoms with Crippen molar-refractivity contribution in [3.63, 3.8) is 0 Å². The number of nitrogens with one attached hydrogen (secondary N) is 1. The monoisotopic (exact) mass is 317 g/mol. The lowest BCUT2D eigenvalue weighted by Crippen LogP contribution is -2.20. The first-order valence-corrected chi connectivity index (χ1v) is 10.1. The minimum Gasteiger partial charge on any atom is -0.293 e. The summed E-state index contributed by atoms with van der Waals surface area (Å²) in [6.07, 6.45) is 2.30. The maximum atomic E-state index is 3.70. The number of rotatable bonds is 6. The van der Waals surface area contributed by atoms with E-state index in [9.17, 15) is 0 Å². The Morgan fingerprint density at radius 1 is 0.857 bits per heavy atom. The van der Waals surface area contributed by atoms with Gasteiger partial charge in [-0.25, -0.2) is 0 Å². The molecule has 0 aliphatic rings. The normalized spacial score (nSPS) is 12.4. The number of hydrogen-bond donors (Lipinski definition) is 1. The van der Waals surface area contributed by atoms with E-state index in [-0.39, 0.29) is 7.92 Å². The highest BCUT2D eigenvalue weighted by Crippen LogP contribution is 2.33. The second-order valence-corrected chi connectivity index (χ2v) is 9.61. The fourth-order valence-electron chi connectivity index (χ4n) is 2.01. The zero-order valence-electron chi connectivity index (χ0n) is 13.1. The molecule has 0 fully saturated rings. The van der Waals surface area contributed by atoms with Crippen molar-refractivity contribution in [1.29, 1.82) is 0 Å². The summed E-state index contributed by atoms with van der Waals surface area (Å²) < 4.78 is 0. The van der Waals surface area contributed by atoms with Gasteiger partial charge in [0.1, 0.15) is 0 Å². The summed E-state index contributed by atoms with van der Waals surface area (Å²) in [5.41, 5.74) is 0.410. The van der Waals surface area contributed by atoms with Crippen molar-refractivity contribution >= 4 is 27.3 Å². The summed E-state index contributed by atoms with van der Waals surface area (Å²) in [7, 11) is 0.530. The molecule has 0 spiro atoms. The van der Waals surface area contributed by atoms with Gasteiger partial charge < -0.3 is 0 Å². The first-order chi connectivity index (χ1) is 10.1. The van der Waals surface area contributed by atoms with Crippen molar-refractivity contribution in [1.82, 2.24) is 5.09 Å². The zero-order valence-corrected chi connectivity index (χ0v) is 15.0. The maximum absolute atomic E-state index is 3.70. The molecule has 1 N–H and O–H groups in total. The van der Waals surface area contributed by atoms with Crippen LogP contribution < -0.4 is 15.7 Å². The van der Waals surface area contributed by atoms with E-state index < -0.39 is 0 Å². The highest BCUT2D eigenvalue weighted by molar-refractivity contribution is 7.73. The zero-order chi connectivity index (χ0) is 15.1. The van der Waals surface area contributed by atoms with Gasteiger partial charge in [0.25, 0.3) is 0 Å². The Morgan fingerprint density at radius 2 is 1.33 bits per heavy atom. The van der Waals surface area contributed by atoms with Gasteiger partial charge in [-0.2, -0.15) is 0 Å².